The van der Waals surface area contributed by atoms with Crippen molar-refractivity contribution in [3.05, 3.63) is 90.1 Å². The van der Waals surface area contributed by atoms with Gasteiger partial charge in [-0.25, -0.2) is 9.78 Å². The molecule has 2 aromatic carbocycles. The molecule has 2 aromatic heterocycles. The number of hydrogen-bond donors (Lipinski definition) is 13. The van der Waals surface area contributed by atoms with E-state index in [4.69, 9.17) is 5.73 Å². The van der Waals surface area contributed by atoms with Crippen LogP contribution in [0.2, 0.25) is 0 Å². The third-order valence-corrected chi connectivity index (χ3v) is 13.0. The first kappa shape index (κ1) is 59.7. The molecule has 0 unspecified atom stereocenters. The standard InChI is InChI=1S/C53H73N13O11/c1-29(2)21-42(53(76)77)65-51(74)41(24-34-26-55-28-59-34)61-44(68)27-58-52(75)45(30(3)4)66-46(69)31(5)60-49(72)40(23-33-25-57-36-16-10-9-15-35(33)36)64-48(71)38(18-19-43(54)67)62-50(73)39(22-32-13-7-6-8-14-32)63-47(70)37-17-11-12-20-56-37/h6-10,13-16,25-26,28-31,37-42,45,56-57H,11-12,17-24,27H2,1-5H3,(H2,54,67)(H,55,59)(H,58,75)(H,60,72)(H,61,68)(H,62,73)(H,63,70)(H,64,71)(H,65,74)(H,66,69)(H,76,77)/t31-,37-,38-,39+,40-,41-,42-,45-/m0/s1. The summed E-state index contributed by atoms with van der Waals surface area (Å²) < 4.78 is 0. The number of aromatic nitrogens is 3. The summed E-state index contributed by atoms with van der Waals surface area (Å²) in [6, 6.07) is 6.65. The summed E-state index contributed by atoms with van der Waals surface area (Å²) in [5.41, 5.74) is 7.99. The highest BCUT2D eigenvalue weighted by atomic mass is 16.4. The highest BCUT2D eigenvalue weighted by Crippen LogP contribution is 2.20. The number of piperidine rings is 1. The van der Waals surface area contributed by atoms with Gasteiger partial charge in [0.15, 0.2) is 0 Å². The molecule has 9 amide bonds. The normalized spacial score (nSPS) is 16.1. The average molecular weight is 1070 g/mol. The van der Waals surface area contributed by atoms with Gasteiger partial charge in [-0.2, -0.15) is 0 Å². The fraction of sp³-hybridized carbons (Fsp3) is 0.491. The van der Waals surface area contributed by atoms with Crippen molar-refractivity contribution in [2.75, 3.05) is 13.1 Å². The maximum Gasteiger partial charge on any atom is 0.326 e. The lowest BCUT2D eigenvalue weighted by atomic mass is 10.0. The van der Waals surface area contributed by atoms with E-state index < -0.39 is 114 Å². The Hall–Kier alpha value is -8.15. The van der Waals surface area contributed by atoms with Crippen LogP contribution in [0.4, 0.5) is 0 Å². The fourth-order valence-corrected chi connectivity index (χ4v) is 8.74. The number of imidazole rings is 1. The largest absolute Gasteiger partial charge is 0.480 e. The third kappa shape index (κ3) is 18.9. The quantitative estimate of drug-likeness (QED) is 0.0331. The van der Waals surface area contributed by atoms with Crippen molar-refractivity contribution < 1.29 is 53.1 Å². The van der Waals surface area contributed by atoms with E-state index in [0.29, 0.717) is 24.2 Å². The summed E-state index contributed by atoms with van der Waals surface area (Å²) in [6.07, 6.45) is 6.23. The number of nitrogens with zero attached hydrogens (tertiary/aromatic N) is 1. The molecule has 0 spiro atoms. The minimum absolute atomic E-state index is 0.0693. The molecular formula is C53H73N13O11. The summed E-state index contributed by atoms with van der Waals surface area (Å²) in [5, 5.41) is 34.5. The Morgan fingerprint density at radius 1 is 0.675 bits per heavy atom. The maximum atomic E-state index is 14.4. The van der Waals surface area contributed by atoms with Crippen LogP contribution in [0.15, 0.2) is 73.3 Å². The summed E-state index contributed by atoms with van der Waals surface area (Å²) in [5.74, 6) is -8.59. The van der Waals surface area contributed by atoms with Crippen molar-refractivity contribution >= 4 is 70.0 Å². The summed E-state index contributed by atoms with van der Waals surface area (Å²) in [6.45, 7) is 8.23. The number of carboxylic acid groups (broad SMARTS) is 1. The molecule has 0 saturated carbocycles. The minimum atomic E-state index is -1.43. The minimum Gasteiger partial charge on any atom is -0.480 e. The molecule has 0 aliphatic carbocycles. The van der Waals surface area contributed by atoms with Crippen LogP contribution in [0.3, 0.4) is 0 Å². The highest BCUT2D eigenvalue weighted by Gasteiger charge is 2.35. The Morgan fingerprint density at radius 3 is 1.95 bits per heavy atom. The molecule has 1 saturated heterocycles. The van der Waals surface area contributed by atoms with Crippen LogP contribution >= 0.6 is 0 Å². The highest BCUT2D eigenvalue weighted by molar-refractivity contribution is 5.98. The predicted octanol–water partition coefficient (Wildman–Crippen LogP) is -0.357. The van der Waals surface area contributed by atoms with E-state index >= 15 is 0 Å². The summed E-state index contributed by atoms with van der Waals surface area (Å²) in [4.78, 5) is 144. The van der Waals surface area contributed by atoms with E-state index in [1.807, 2.05) is 18.2 Å². The SMILES string of the molecule is CC(C)C[C@H](NC(=O)[C@H](Cc1c[nH]cn1)NC(=O)CNC(=O)[C@@H](NC(=O)[C@H](C)NC(=O)[C@H](Cc1c[nH]c2ccccc12)NC(=O)[C@H](CCC(N)=O)NC(=O)[C@@H](Cc1ccccc1)NC(=O)[C@@H]1CCCCN1)C(C)C)C(=O)O. The number of aromatic amines is 2. The second-order valence-corrected chi connectivity index (χ2v) is 20.0. The number of fused-ring (bicyclic) bond motifs is 1. The number of nitrogens with one attached hydrogen (secondary N) is 11. The molecule has 77 heavy (non-hydrogen) atoms. The molecule has 4 aromatic rings. The molecule has 416 valence electrons. The molecule has 0 radical (unpaired) electrons. The first-order chi connectivity index (χ1) is 36.7. The molecule has 5 rings (SSSR count). The number of aliphatic carboxylic acids is 1. The van der Waals surface area contributed by atoms with Gasteiger partial charge in [0.25, 0.3) is 0 Å². The number of carbonyl (C=O) groups is 10. The van der Waals surface area contributed by atoms with Crippen molar-refractivity contribution in [3.8, 4) is 0 Å². The zero-order valence-electron chi connectivity index (χ0n) is 44.0. The van der Waals surface area contributed by atoms with Gasteiger partial charge in [-0.15, -0.1) is 0 Å². The summed E-state index contributed by atoms with van der Waals surface area (Å²) in [7, 11) is 0. The molecular weight excluding hydrogens is 995 g/mol. The van der Waals surface area contributed by atoms with E-state index in [1.54, 1.807) is 70.3 Å². The van der Waals surface area contributed by atoms with Gasteiger partial charge in [0.2, 0.25) is 53.2 Å². The number of carboxylic acids is 1. The van der Waals surface area contributed by atoms with Gasteiger partial charge in [-0.3, -0.25) is 43.2 Å². The van der Waals surface area contributed by atoms with Crippen LogP contribution in [-0.4, -0.2) is 141 Å². The Balaban J connectivity index is 1.28. The van der Waals surface area contributed by atoms with Gasteiger partial charge in [0, 0.05) is 49.0 Å². The lowest BCUT2D eigenvalue weighted by molar-refractivity contribution is -0.142. The summed E-state index contributed by atoms with van der Waals surface area (Å²) >= 11 is 0. The van der Waals surface area contributed by atoms with Gasteiger partial charge in [-0.1, -0.05) is 82.6 Å². The van der Waals surface area contributed by atoms with Crippen LogP contribution < -0.4 is 53.6 Å². The molecule has 1 aliphatic heterocycles. The van der Waals surface area contributed by atoms with E-state index in [2.05, 4.69) is 62.8 Å². The smallest absolute Gasteiger partial charge is 0.326 e. The topological polar surface area (TPSA) is 370 Å². The second kappa shape index (κ2) is 29.2. The van der Waals surface area contributed by atoms with Crippen LogP contribution in [0.25, 0.3) is 10.9 Å². The van der Waals surface area contributed by atoms with E-state index in [9.17, 15) is 53.1 Å². The number of amides is 9. The molecule has 24 nitrogen and oxygen atoms in total. The van der Waals surface area contributed by atoms with Gasteiger partial charge < -0.3 is 68.7 Å². The number of para-hydroxylation sites is 1. The van der Waals surface area contributed by atoms with E-state index in [-0.39, 0.29) is 50.4 Å². The van der Waals surface area contributed by atoms with Gasteiger partial charge in [0.05, 0.1) is 24.6 Å². The van der Waals surface area contributed by atoms with Crippen molar-refractivity contribution in [2.45, 2.75) is 141 Å². The number of rotatable bonds is 29. The number of hydrogen-bond acceptors (Lipinski definition) is 12. The molecule has 3 heterocycles. The Bertz CT molecular complexity index is 2670. The van der Waals surface area contributed by atoms with Gasteiger partial charge >= 0.3 is 5.97 Å². The lowest BCUT2D eigenvalue weighted by Gasteiger charge is -2.28. The number of primary amides is 1. The lowest BCUT2D eigenvalue weighted by Crippen LogP contribution is -2.60. The van der Waals surface area contributed by atoms with Gasteiger partial charge in [0.1, 0.15) is 42.3 Å². The number of H-pyrrole nitrogens is 2. The average Bonchev–Trinajstić information content (AvgIpc) is 4.07. The zero-order chi connectivity index (χ0) is 56.2. The van der Waals surface area contributed by atoms with E-state index in [0.717, 1.165) is 29.3 Å². The van der Waals surface area contributed by atoms with Crippen molar-refractivity contribution in [1.29, 1.82) is 0 Å². The predicted molar refractivity (Wildman–Crippen MR) is 283 cm³/mol. The van der Waals surface area contributed by atoms with Crippen molar-refractivity contribution in [2.24, 2.45) is 17.6 Å². The number of carbonyl (C=O) groups excluding carboxylic acids is 9. The first-order valence-corrected chi connectivity index (χ1v) is 25.9. The third-order valence-electron chi connectivity index (χ3n) is 13.0. The molecule has 14 N–H and O–H groups in total. The van der Waals surface area contributed by atoms with Crippen molar-refractivity contribution in [1.82, 2.24) is 62.8 Å². The van der Waals surface area contributed by atoms with Crippen molar-refractivity contribution in [3.63, 3.8) is 0 Å². The molecule has 1 aliphatic rings. The molecule has 0 bridgehead atoms. The number of nitrogens with two attached hydrogens (primary N) is 1. The Labute approximate surface area is 446 Å². The second-order valence-electron chi connectivity index (χ2n) is 20.0. The first-order valence-electron chi connectivity index (χ1n) is 25.9. The zero-order valence-corrected chi connectivity index (χ0v) is 44.0. The van der Waals surface area contributed by atoms with Crippen LogP contribution in [0.1, 0.15) is 90.0 Å². The monoisotopic (exact) mass is 1070 g/mol. The fourth-order valence-electron chi connectivity index (χ4n) is 8.74. The Morgan fingerprint density at radius 2 is 1.31 bits per heavy atom. The van der Waals surface area contributed by atoms with Crippen LogP contribution in [0, 0.1) is 11.8 Å². The molecule has 1 fully saturated rings. The molecule has 24 heteroatoms. The van der Waals surface area contributed by atoms with Crippen LogP contribution in [0.5, 0.6) is 0 Å². The van der Waals surface area contributed by atoms with Crippen LogP contribution in [-0.2, 0) is 67.2 Å². The van der Waals surface area contributed by atoms with Gasteiger partial charge in [-0.05, 0) is 68.2 Å². The molecule has 8 atom stereocenters. The maximum absolute atomic E-state index is 14.4. The number of benzene rings is 2. The van der Waals surface area contributed by atoms with E-state index in [1.165, 1.54) is 19.4 Å². The Kier molecular flexibility index (Phi) is 22.7.